The minimum atomic E-state index is -0.922. The molecule has 3 aromatic rings. The molecule has 7 nitrogen and oxygen atoms in total. The number of para-hydroxylation sites is 1. The number of nitrogens with zero attached hydrogens (tertiary/aromatic N) is 2. The van der Waals surface area contributed by atoms with Gasteiger partial charge in [-0.2, -0.15) is 0 Å². The number of anilines is 2. The lowest BCUT2D eigenvalue weighted by Crippen LogP contribution is -2.37. The zero-order valence-electron chi connectivity index (χ0n) is 22.1. The van der Waals surface area contributed by atoms with Crippen molar-refractivity contribution in [2.24, 2.45) is 5.92 Å². The molecule has 0 spiro atoms. The Morgan fingerprint density at radius 3 is 2.26 bits per heavy atom. The number of rotatable bonds is 10. The number of unbranched alkanes of at least 4 members (excludes halogenated alkanes) is 1. The minimum Gasteiger partial charge on any atom is -0.490 e. The lowest BCUT2D eigenvalue weighted by Gasteiger charge is -2.29. The molecule has 0 saturated carbocycles. The van der Waals surface area contributed by atoms with Crippen molar-refractivity contribution < 1.29 is 23.9 Å². The fraction of sp³-hybridized carbons (Fsp3) is 0.355. The average molecular weight is 515 g/mol. The van der Waals surface area contributed by atoms with E-state index in [1.165, 1.54) is 4.90 Å². The van der Waals surface area contributed by atoms with Gasteiger partial charge in [0.15, 0.2) is 17.6 Å². The van der Waals surface area contributed by atoms with Gasteiger partial charge in [0.05, 0.1) is 30.6 Å². The molecule has 0 bridgehead atoms. The van der Waals surface area contributed by atoms with E-state index in [0.29, 0.717) is 30.4 Å². The zero-order valence-corrected chi connectivity index (χ0v) is 22.1. The molecule has 0 unspecified atom stereocenters. The molecule has 2 aliphatic heterocycles. The molecule has 2 heterocycles. The second-order valence-corrected chi connectivity index (χ2v) is 9.53. The first kappa shape index (κ1) is 25.8. The SMILES string of the molecule is CCCCOc1ccc([C@@H]2[C@@H]3C(=O)N(c4ccc(CC)cc4)C(=O)[C@@H]3ON2c2ccccc2)cc1OCC. The summed E-state index contributed by atoms with van der Waals surface area (Å²) in [6, 6.07) is 22.3. The second kappa shape index (κ2) is 11.3. The number of imide groups is 1. The molecule has 2 aliphatic rings. The normalized spacial score (nSPS) is 20.7. The highest BCUT2D eigenvalue weighted by Gasteiger charge is 2.60. The van der Waals surface area contributed by atoms with E-state index in [2.05, 4.69) is 13.8 Å². The van der Waals surface area contributed by atoms with Gasteiger partial charge in [-0.05, 0) is 67.3 Å². The lowest BCUT2D eigenvalue weighted by atomic mass is 9.90. The number of hydroxylamine groups is 1. The van der Waals surface area contributed by atoms with E-state index in [4.69, 9.17) is 14.3 Å². The van der Waals surface area contributed by atoms with Gasteiger partial charge >= 0.3 is 0 Å². The Bertz CT molecular complexity index is 1280. The van der Waals surface area contributed by atoms with Crippen LogP contribution in [0, 0.1) is 5.92 Å². The van der Waals surface area contributed by atoms with Gasteiger partial charge in [-0.3, -0.25) is 14.4 Å². The lowest BCUT2D eigenvalue weighted by molar-refractivity contribution is -0.126. The molecule has 3 aromatic carbocycles. The average Bonchev–Trinajstić information content (AvgIpc) is 3.46. The monoisotopic (exact) mass is 514 g/mol. The molecular formula is C31H34N2O5. The van der Waals surface area contributed by atoms with E-state index in [0.717, 1.165) is 36.1 Å². The number of fused-ring (bicyclic) bond motifs is 1. The van der Waals surface area contributed by atoms with E-state index in [1.807, 2.05) is 79.7 Å². The highest BCUT2D eigenvalue weighted by Crippen LogP contribution is 2.48. The molecule has 2 amide bonds. The van der Waals surface area contributed by atoms with Crippen molar-refractivity contribution in [3.05, 3.63) is 83.9 Å². The summed E-state index contributed by atoms with van der Waals surface area (Å²) in [6.45, 7) is 7.18. The summed E-state index contributed by atoms with van der Waals surface area (Å²) in [6.07, 6.45) is 1.94. The Balaban J connectivity index is 1.54. The van der Waals surface area contributed by atoms with Crippen molar-refractivity contribution in [2.45, 2.75) is 52.2 Å². The summed E-state index contributed by atoms with van der Waals surface area (Å²) in [5.41, 5.74) is 3.29. The van der Waals surface area contributed by atoms with Crippen molar-refractivity contribution in [1.29, 1.82) is 0 Å². The Hall–Kier alpha value is -3.84. The molecule has 3 atom stereocenters. The first-order chi connectivity index (χ1) is 18.6. The topological polar surface area (TPSA) is 68.3 Å². The van der Waals surface area contributed by atoms with Crippen LogP contribution < -0.4 is 19.4 Å². The van der Waals surface area contributed by atoms with Crippen molar-refractivity contribution in [2.75, 3.05) is 23.2 Å². The van der Waals surface area contributed by atoms with Gasteiger partial charge in [0.2, 0.25) is 5.91 Å². The van der Waals surface area contributed by atoms with E-state index >= 15 is 0 Å². The summed E-state index contributed by atoms with van der Waals surface area (Å²) in [4.78, 5) is 35.0. The number of carbonyl (C=O) groups excluding carboxylic acids is 2. The summed E-state index contributed by atoms with van der Waals surface area (Å²) >= 11 is 0. The Morgan fingerprint density at radius 1 is 0.816 bits per heavy atom. The van der Waals surface area contributed by atoms with E-state index in [1.54, 1.807) is 5.06 Å². The van der Waals surface area contributed by atoms with Gasteiger partial charge in [0, 0.05) is 0 Å². The molecule has 0 aliphatic carbocycles. The van der Waals surface area contributed by atoms with Crippen LogP contribution in [0.25, 0.3) is 0 Å². The van der Waals surface area contributed by atoms with Gasteiger partial charge in [-0.1, -0.05) is 56.7 Å². The molecule has 0 N–H and O–H groups in total. The molecule has 0 radical (unpaired) electrons. The molecule has 0 aromatic heterocycles. The van der Waals surface area contributed by atoms with Crippen LogP contribution in [-0.2, 0) is 20.8 Å². The number of benzene rings is 3. The van der Waals surface area contributed by atoms with Gasteiger partial charge in [0.1, 0.15) is 5.92 Å². The third-order valence-electron chi connectivity index (χ3n) is 7.09. The maximum absolute atomic E-state index is 13.9. The van der Waals surface area contributed by atoms with Crippen molar-refractivity contribution in [3.8, 4) is 11.5 Å². The number of ether oxygens (including phenoxy) is 2. The fourth-order valence-electron chi connectivity index (χ4n) is 5.11. The van der Waals surface area contributed by atoms with Crippen LogP contribution in [0.1, 0.15) is 50.8 Å². The van der Waals surface area contributed by atoms with Crippen LogP contribution >= 0.6 is 0 Å². The quantitative estimate of drug-likeness (QED) is 0.249. The molecule has 38 heavy (non-hydrogen) atoms. The van der Waals surface area contributed by atoms with E-state index in [9.17, 15) is 9.59 Å². The molecule has 5 rings (SSSR count). The van der Waals surface area contributed by atoms with Crippen LogP contribution in [0.2, 0.25) is 0 Å². The van der Waals surface area contributed by atoms with Crippen LogP contribution in [0.5, 0.6) is 11.5 Å². The third-order valence-corrected chi connectivity index (χ3v) is 7.09. The maximum atomic E-state index is 13.9. The molecule has 198 valence electrons. The number of amides is 2. The van der Waals surface area contributed by atoms with Crippen molar-refractivity contribution >= 4 is 23.2 Å². The molecule has 2 fully saturated rings. The summed E-state index contributed by atoms with van der Waals surface area (Å²) < 4.78 is 11.9. The Labute approximate surface area is 223 Å². The highest BCUT2D eigenvalue weighted by atomic mass is 16.7. The second-order valence-electron chi connectivity index (χ2n) is 9.53. The Morgan fingerprint density at radius 2 is 1.58 bits per heavy atom. The third kappa shape index (κ3) is 4.74. The number of carbonyl (C=O) groups is 2. The molecule has 2 saturated heterocycles. The number of aryl methyl sites for hydroxylation is 1. The standard InChI is InChI=1S/C31H34N2O5/c1-4-7-19-37-25-18-15-22(20-26(25)36-6-3)28-27-29(38-33(28)24-11-9-8-10-12-24)31(35)32(30(27)34)23-16-13-21(5-2)14-17-23/h8-18,20,27-29H,4-7,19H2,1-3H3/t27-,28+,29+/m0/s1. The van der Waals surface area contributed by atoms with Gasteiger partial charge in [0.25, 0.3) is 5.91 Å². The largest absolute Gasteiger partial charge is 0.490 e. The predicted octanol–water partition coefficient (Wildman–Crippen LogP) is 5.88. The first-order valence-corrected chi connectivity index (χ1v) is 13.4. The maximum Gasteiger partial charge on any atom is 0.266 e. The smallest absolute Gasteiger partial charge is 0.266 e. The summed E-state index contributed by atoms with van der Waals surface area (Å²) in [5, 5.41) is 1.70. The number of hydrogen-bond donors (Lipinski definition) is 0. The van der Waals surface area contributed by atoms with Gasteiger partial charge in [-0.15, -0.1) is 0 Å². The molecular weight excluding hydrogens is 480 g/mol. The van der Waals surface area contributed by atoms with Crippen molar-refractivity contribution in [1.82, 2.24) is 0 Å². The fourth-order valence-corrected chi connectivity index (χ4v) is 5.11. The highest BCUT2D eigenvalue weighted by molar-refractivity contribution is 6.23. The van der Waals surface area contributed by atoms with Crippen LogP contribution in [0.4, 0.5) is 11.4 Å². The van der Waals surface area contributed by atoms with Crippen LogP contribution in [0.15, 0.2) is 72.8 Å². The predicted molar refractivity (Wildman–Crippen MR) is 146 cm³/mol. The van der Waals surface area contributed by atoms with E-state index in [-0.39, 0.29) is 11.8 Å². The summed E-state index contributed by atoms with van der Waals surface area (Å²) in [7, 11) is 0. The van der Waals surface area contributed by atoms with Gasteiger partial charge in [-0.25, -0.2) is 9.96 Å². The van der Waals surface area contributed by atoms with Crippen LogP contribution in [-0.4, -0.2) is 31.1 Å². The van der Waals surface area contributed by atoms with Crippen molar-refractivity contribution in [3.63, 3.8) is 0 Å². The number of hydrogen-bond acceptors (Lipinski definition) is 6. The molecule has 7 heteroatoms. The zero-order chi connectivity index (χ0) is 26.6. The Kier molecular flexibility index (Phi) is 7.65. The summed E-state index contributed by atoms with van der Waals surface area (Å²) in [5.74, 6) is -0.0559. The van der Waals surface area contributed by atoms with Crippen LogP contribution in [0.3, 0.4) is 0 Å². The minimum absolute atomic E-state index is 0.270. The first-order valence-electron chi connectivity index (χ1n) is 13.4. The van der Waals surface area contributed by atoms with Gasteiger partial charge < -0.3 is 9.47 Å². The van der Waals surface area contributed by atoms with E-state index < -0.39 is 18.1 Å².